The van der Waals surface area contributed by atoms with Gasteiger partial charge in [0.05, 0.1) is 10.9 Å². The van der Waals surface area contributed by atoms with E-state index in [1.807, 2.05) is 6.92 Å². The minimum Gasteiger partial charge on any atom is -0.339 e. The fourth-order valence-corrected chi connectivity index (χ4v) is 4.93. The molecule has 2 atom stereocenters. The number of nitrogens with one attached hydrogen (secondary N) is 1. The lowest BCUT2D eigenvalue weighted by atomic mass is 10.1. The van der Waals surface area contributed by atoms with Crippen LogP contribution in [0.2, 0.25) is 4.34 Å². The Kier molecular flexibility index (Phi) is 7.10. The van der Waals surface area contributed by atoms with Crippen LogP contribution in [0.3, 0.4) is 0 Å². The Morgan fingerprint density at radius 2 is 2.23 bits per heavy atom. The Labute approximate surface area is 145 Å². The van der Waals surface area contributed by atoms with Gasteiger partial charge in [-0.3, -0.25) is 4.79 Å². The van der Waals surface area contributed by atoms with Gasteiger partial charge in [0.2, 0.25) is 5.91 Å². The highest BCUT2D eigenvalue weighted by molar-refractivity contribution is 7.91. The SMILES string of the molecule is CC1CC(CN)CN1C(=O)CNS(=O)(=O)c1ccc(Cl)s1.Cl. The van der Waals surface area contributed by atoms with Gasteiger partial charge in [-0.2, -0.15) is 0 Å². The standard InChI is InChI=1S/C12H18ClN3O3S2.ClH/c1-8-4-9(5-14)7-16(8)11(17)6-15-21(18,19)12-3-2-10(13)20-12;/h2-3,8-9,15H,4-7,14H2,1H3;1H. The lowest BCUT2D eigenvalue weighted by molar-refractivity contribution is -0.130. The third kappa shape index (κ3) is 4.56. The molecule has 1 aliphatic heterocycles. The highest BCUT2D eigenvalue weighted by atomic mass is 35.5. The number of carbonyl (C=O) groups is 1. The van der Waals surface area contributed by atoms with E-state index in [9.17, 15) is 13.2 Å². The van der Waals surface area contributed by atoms with Crippen LogP contribution in [0.25, 0.3) is 0 Å². The summed E-state index contributed by atoms with van der Waals surface area (Å²) in [6.45, 7) is 2.82. The van der Waals surface area contributed by atoms with Crippen molar-refractivity contribution in [2.45, 2.75) is 23.6 Å². The van der Waals surface area contributed by atoms with Crippen LogP contribution in [0.15, 0.2) is 16.3 Å². The largest absolute Gasteiger partial charge is 0.339 e. The number of amides is 1. The van der Waals surface area contributed by atoms with Gasteiger partial charge >= 0.3 is 0 Å². The molecule has 2 rings (SSSR count). The topological polar surface area (TPSA) is 92.5 Å². The molecule has 0 aliphatic carbocycles. The second-order valence-electron chi connectivity index (χ2n) is 5.12. The smallest absolute Gasteiger partial charge is 0.250 e. The number of nitrogens with two attached hydrogens (primary N) is 1. The molecule has 1 aliphatic rings. The maximum absolute atomic E-state index is 12.1. The number of halogens is 2. The molecule has 0 spiro atoms. The van der Waals surface area contributed by atoms with Gasteiger partial charge in [0.25, 0.3) is 10.0 Å². The van der Waals surface area contributed by atoms with E-state index in [0.717, 1.165) is 17.8 Å². The minimum absolute atomic E-state index is 0. The first-order valence-corrected chi connectivity index (χ1v) is 9.25. The molecule has 22 heavy (non-hydrogen) atoms. The molecule has 3 N–H and O–H groups in total. The van der Waals surface area contributed by atoms with Crippen molar-refractivity contribution in [2.75, 3.05) is 19.6 Å². The number of nitrogens with zero attached hydrogens (tertiary/aromatic N) is 1. The van der Waals surface area contributed by atoms with E-state index < -0.39 is 10.0 Å². The van der Waals surface area contributed by atoms with Gasteiger partial charge in [-0.1, -0.05) is 11.6 Å². The van der Waals surface area contributed by atoms with Gasteiger partial charge in [0, 0.05) is 12.6 Å². The van der Waals surface area contributed by atoms with Gasteiger partial charge in [0.1, 0.15) is 4.21 Å². The summed E-state index contributed by atoms with van der Waals surface area (Å²) >= 11 is 6.68. The molecule has 2 unspecified atom stereocenters. The van der Waals surface area contributed by atoms with Crippen molar-refractivity contribution in [2.24, 2.45) is 11.7 Å². The van der Waals surface area contributed by atoms with Crippen molar-refractivity contribution in [3.63, 3.8) is 0 Å². The molecule has 126 valence electrons. The van der Waals surface area contributed by atoms with Crippen LogP contribution >= 0.6 is 35.3 Å². The Morgan fingerprint density at radius 1 is 1.55 bits per heavy atom. The third-order valence-electron chi connectivity index (χ3n) is 3.54. The molecule has 2 heterocycles. The first-order valence-electron chi connectivity index (χ1n) is 6.58. The van der Waals surface area contributed by atoms with Crippen LogP contribution in [0.4, 0.5) is 0 Å². The first-order chi connectivity index (χ1) is 9.83. The summed E-state index contributed by atoms with van der Waals surface area (Å²) < 4.78 is 26.8. The van der Waals surface area contributed by atoms with Crippen LogP contribution in [0.1, 0.15) is 13.3 Å². The molecular weight excluding hydrogens is 369 g/mol. The third-order valence-corrected chi connectivity index (χ3v) is 6.67. The number of carbonyl (C=O) groups excluding carboxylic acids is 1. The highest BCUT2D eigenvalue weighted by Gasteiger charge is 2.32. The van der Waals surface area contributed by atoms with Crippen molar-refractivity contribution in [3.05, 3.63) is 16.5 Å². The Morgan fingerprint density at radius 3 is 2.73 bits per heavy atom. The van der Waals surface area contributed by atoms with Crippen LogP contribution in [0, 0.1) is 5.92 Å². The summed E-state index contributed by atoms with van der Waals surface area (Å²) in [6, 6.07) is 3.02. The van der Waals surface area contributed by atoms with Gasteiger partial charge in [-0.15, -0.1) is 23.7 Å². The monoisotopic (exact) mass is 387 g/mol. The molecular formula is C12H19Cl2N3O3S2. The first kappa shape index (κ1) is 19.7. The zero-order chi connectivity index (χ0) is 15.6. The second kappa shape index (κ2) is 7.94. The molecule has 1 aromatic rings. The number of thiophene rings is 1. The number of rotatable bonds is 5. The lowest BCUT2D eigenvalue weighted by Gasteiger charge is -2.21. The van der Waals surface area contributed by atoms with E-state index in [1.54, 1.807) is 4.90 Å². The van der Waals surface area contributed by atoms with Gasteiger partial charge in [-0.05, 0) is 37.9 Å². The lowest BCUT2D eigenvalue weighted by Crippen LogP contribution is -2.41. The number of sulfonamides is 1. The maximum Gasteiger partial charge on any atom is 0.250 e. The molecule has 0 radical (unpaired) electrons. The van der Waals surface area contributed by atoms with Gasteiger partial charge in [0.15, 0.2) is 0 Å². The average Bonchev–Trinajstić information content (AvgIpc) is 3.02. The van der Waals surface area contributed by atoms with Crippen molar-refractivity contribution in [1.29, 1.82) is 0 Å². The van der Waals surface area contributed by atoms with E-state index >= 15 is 0 Å². The average molecular weight is 388 g/mol. The Bertz CT molecular complexity index is 621. The molecule has 0 saturated carbocycles. The zero-order valence-electron chi connectivity index (χ0n) is 12.0. The summed E-state index contributed by atoms with van der Waals surface area (Å²) in [7, 11) is -3.69. The quantitative estimate of drug-likeness (QED) is 0.795. The van der Waals surface area contributed by atoms with Crippen molar-refractivity contribution < 1.29 is 13.2 Å². The van der Waals surface area contributed by atoms with Crippen molar-refractivity contribution >= 4 is 51.3 Å². The van der Waals surface area contributed by atoms with E-state index in [4.69, 9.17) is 17.3 Å². The number of hydrogen-bond donors (Lipinski definition) is 2. The predicted molar refractivity (Wildman–Crippen MR) is 90.1 cm³/mol. The van der Waals surface area contributed by atoms with Crippen LogP contribution in [-0.4, -0.2) is 44.9 Å². The van der Waals surface area contributed by atoms with E-state index in [-0.39, 0.29) is 41.0 Å². The van der Waals surface area contributed by atoms with Gasteiger partial charge in [-0.25, -0.2) is 13.1 Å². The summed E-state index contributed by atoms with van der Waals surface area (Å²) in [5, 5.41) is 0. The van der Waals surface area contributed by atoms with Crippen molar-refractivity contribution in [1.82, 2.24) is 9.62 Å². The normalized spacial score (nSPS) is 21.7. The molecule has 1 amide bonds. The van der Waals surface area contributed by atoms with E-state index in [0.29, 0.717) is 17.4 Å². The van der Waals surface area contributed by atoms with Crippen LogP contribution in [-0.2, 0) is 14.8 Å². The number of likely N-dealkylation sites (tertiary alicyclic amines) is 1. The number of hydrogen-bond acceptors (Lipinski definition) is 5. The van der Waals surface area contributed by atoms with Crippen LogP contribution in [0.5, 0.6) is 0 Å². The Hall–Kier alpha value is -0.380. The molecule has 6 nitrogen and oxygen atoms in total. The summed E-state index contributed by atoms with van der Waals surface area (Å²) in [6.07, 6.45) is 0.857. The fraction of sp³-hybridized carbons (Fsp3) is 0.583. The van der Waals surface area contributed by atoms with Crippen molar-refractivity contribution in [3.8, 4) is 0 Å². The van der Waals surface area contributed by atoms with E-state index in [1.165, 1.54) is 12.1 Å². The molecule has 1 aromatic heterocycles. The predicted octanol–water partition coefficient (Wildman–Crippen LogP) is 1.30. The van der Waals surface area contributed by atoms with Crippen LogP contribution < -0.4 is 10.5 Å². The minimum atomic E-state index is -3.69. The molecule has 1 saturated heterocycles. The highest BCUT2D eigenvalue weighted by Crippen LogP contribution is 2.25. The molecule has 1 fully saturated rings. The molecule has 10 heteroatoms. The maximum atomic E-state index is 12.1. The summed E-state index contributed by atoms with van der Waals surface area (Å²) in [5.74, 6) is 0.0568. The fourth-order valence-electron chi connectivity index (χ4n) is 2.43. The molecule has 0 aromatic carbocycles. The van der Waals surface area contributed by atoms with Gasteiger partial charge < -0.3 is 10.6 Å². The zero-order valence-corrected chi connectivity index (χ0v) is 15.2. The molecule has 0 bridgehead atoms. The van der Waals surface area contributed by atoms with E-state index in [2.05, 4.69) is 4.72 Å². The summed E-state index contributed by atoms with van der Waals surface area (Å²) in [5.41, 5.74) is 5.62. The second-order valence-corrected chi connectivity index (χ2v) is 8.82. The summed E-state index contributed by atoms with van der Waals surface area (Å²) in [4.78, 5) is 13.8. The Balaban J connectivity index is 0.00000242.